The fraction of sp³-hybridized carbons (Fsp3) is 0.167. The summed E-state index contributed by atoms with van der Waals surface area (Å²) < 4.78 is 16.7. The van der Waals surface area contributed by atoms with Crippen LogP contribution in [0.5, 0.6) is 5.75 Å². The van der Waals surface area contributed by atoms with E-state index in [1.165, 1.54) is 6.07 Å². The van der Waals surface area contributed by atoms with Gasteiger partial charge in [0.2, 0.25) is 0 Å². The number of furan rings is 1. The molecule has 1 N–H and O–H groups in total. The summed E-state index contributed by atoms with van der Waals surface area (Å²) in [6.07, 6.45) is 1.57. The van der Waals surface area contributed by atoms with Gasteiger partial charge in [-0.25, -0.2) is 9.59 Å². The zero-order valence-corrected chi connectivity index (χ0v) is 16.4. The first-order valence-electron chi connectivity index (χ1n) is 9.78. The Labute approximate surface area is 170 Å². The van der Waals surface area contributed by atoms with E-state index in [1.807, 2.05) is 32.0 Å². The predicted molar refractivity (Wildman–Crippen MR) is 114 cm³/mol. The molecule has 0 aliphatic carbocycles. The minimum absolute atomic E-state index is 0.0572. The minimum Gasteiger partial charge on any atom is -0.506 e. The normalized spacial score (nSPS) is 11.7. The largest absolute Gasteiger partial charge is 0.506 e. The molecule has 0 spiro atoms. The van der Waals surface area contributed by atoms with Crippen molar-refractivity contribution in [2.75, 3.05) is 0 Å². The molecule has 5 rings (SSSR count). The Morgan fingerprint density at radius 3 is 2.00 bits per heavy atom. The van der Waals surface area contributed by atoms with Crippen LogP contribution in [-0.4, -0.2) is 5.11 Å². The van der Waals surface area contributed by atoms with E-state index >= 15 is 0 Å². The number of aryl methyl sites for hydroxylation is 2. The highest BCUT2D eigenvalue weighted by atomic mass is 16.4. The van der Waals surface area contributed by atoms with Crippen LogP contribution in [0, 0.1) is 0 Å². The average Bonchev–Trinajstić information content (AvgIpc) is 3.19. The van der Waals surface area contributed by atoms with E-state index in [-0.39, 0.29) is 28.0 Å². The van der Waals surface area contributed by atoms with Crippen LogP contribution in [0.2, 0.25) is 0 Å². The maximum absolute atomic E-state index is 12.6. The average molecular weight is 402 g/mol. The van der Waals surface area contributed by atoms with Crippen molar-refractivity contribution in [3.05, 3.63) is 74.4 Å². The van der Waals surface area contributed by atoms with Gasteiger partial charge in [-0.05, 0) is 48.2 Å². The molecule has 0 saturated heterocycles. The summed E-state index contributed by atoms with van der Waals surface area (Å²) in [5.41, 5.74) is 1.59. The summed E-state index contributed by atoms with van der Waals surface area (Å²) in [5.74, 6) is -0.180. The van der Waals surface area contributed by atoms with Gasteiger partial charge in [0.05, 0.1) is 10.8 Å². The van der Waals surface area contributed by atoms with Crippen LogP contribution < -0.4 is 11.3 Å². The summed E-state index contributed by atoms with van der Waals surface area (Å²) in [7, 11) is 0. The van der Waals surface area contributed by atoms with Crippen LogP contribution in [0.25, 0.3) is 44.2 Å². The van der Waals surface area contributed by atoms with Crippen molar-refractivity contribution in [3.8, 4) is 17.1 Å². The molecule has 30 heavy (non-hydrogen) atoms. The molecule has 5 aromatic rings. The monoisotopic (exact) mass is 402 g/mol. The van der Waals surface area contributed by atoms with Crippen molar-refractivity contribution in [1.82, 2.24) is 0 Å². The van der Waals surface area contributed by atoms with Gasteiger partial charge < -0.3 is 18.4 Å². The molecule has 0 atom stereocenters. The van der Waals surface area contributed by atoms with E-state index in [1.54, 1.807) is 18.2 Å². The third-order valence-corrected chi connectivity index (χ3v) is 5.45. The number of hydrogen-bond acceptors (Lipinski definition) is 6. The van der Waals surface area contributed by atoms with E-state index in [0.29, 0.717) is 21.9 Å². The highest BCUT2D eigenvalue weighted by Gasteiger charge is 2.22. The predicted octanol–water partition coefficient (Wildman–Crippen LogP) is 5.14. The lowest BCUT2D eigenvalue weighted by Crippen LogP contribution is -2.03. The van der Waals surface area contributed by atoms with Gasteiger partial charge in [-0.1, -0.05) is 26.0 Å². The van der Waals surface area contributed by atoms with E-state index in [9.17, 15) is 14.7 Å². The van der Waals surface area contributed by atoms with E-state index in [4.69, 9.17) is 13.3 Å². The summed E-state index contributed by atoms with van der Waals surface area (Å²) in [6, 6.07) is 12.2. The molecular weight excluding hydrogens is 384 g/mol. The number of benzene rings is 2. The first-order valence-corrected chi connectivity index (χ1v) is 9.78. The Morgan fingerprint density at radius 1 is 0.733 bits per heavy atom. The molecule has 0 aliphatic heterocycles. The third kappa shape index (κ3) is 2.64. The Kier molecular flexibility index (Phi) is 4.03. The fourth-order valence-electron chi connectivity index (χ4n) is 3.75. The topological polar surface area (TPSA) is 93.8 Å². The lowest BCUT2D eigenvalue weighted by Gasteiger charge is -2.06. The zero-order valence-electron chi connectivity index (χ0n) is 16.4. The van der Waals surface area contributed by atoms with Gasteiger partial charge in [-0.2, -0.15) is 0 Å². The van der Waals surface area contributed by atoms with Crippen molar-refractivity contribution < 1.29 is 18.4 Å². The maximum atomic E-state index is 12.6. The Balaban J connectivity index is 1.84. The van der Waals surface area contributed by atoms with Crippen molar-refractivity contribution in [2.45, 2.75) is 26.7 Å². The van der Waals surface area contributed by atoms with E-state index in [2.05, 4.69) is 0 Å². The van der Waals surface area contributed by atoms with Crippen LogP contribution in [0.1, 0.15) is 25.0 Å². The first-order chi connectivity index (χ1) is 14.5. The Bertz CT molecular complexity index is 1560. The van der Waals surface area contributed by atoms with Gasteiger partial charge in [0.25, 0.3) is 0 Å². The van der Waals surface area contributed by atoms with Crippen LogP contribution in [-0.2, 0) is 12.8 Å². The Hall–Kier alpha value is -3.80. The highest BCUT2D eigenvalue weighted by molar-refractivity contribution is 6.03. The molecule has 0 unspecified atom stereocenters. The lowest BCUT2D eigenvalue weighted by molar-refractivity contribution is 0.467. The standard InChI is InChI=1S/C24H18O6/c1-3-12-5-7-17-14(9-12)21(25)20(24(27)30-17)19-11-16-22(28-19)15-10-13(4-2)6-8-18(15)29-23(16)26/h5-11,25H,3-4H2,1-2H3. The van der Waals surface area contributed by atoms with Crippen molar-refractivity contribution >= 4 is 32.9 Å². The first kappa shape index (κ1) is 18.2. The summed E-state index contributed by atoms with van der Waals surface area (Å²) in [5, 5.41) is 12.1. The maximum Gasteiger partial charge on any atom is 0.351 e. The molecule has 3 aromatic heterocycles. The van der Waals surface area contributed by atoms with Crippen molar-refractivity contribution in [1.29, 1.82) is 0 Å². The zero-order chi connectivity index (χ0) is 21.0. The smallest absolute Gasteiger partial charge is 0.351 e. The van der Waals surface area contributed by atoms with E-state index < -0.39 is 11.3 Å². The van der Waals surface area contributed by atoms with Gasteiger partial charge in [-0.3, -0.25) is 0 Å². The molecule has 0 fully saturated rings. The Morgan fingerprint density at radius 2 is 1.33 bits per heavy atom. The van der Waals surface area contributed by atoms with Crippen molar-refractivity contribution in [2.24, 2.45) is 0 Å². The van der Waals surface area contributed by atoms with Crippen LogP contribution in [0.15, 0.2) is 65.3 Å². The molecule has 150 valence electrons. The molecule has 2 aromatic carbocycles. The molecule has 0 saturated carbocycles. The van der Waals surface area contributed by atoms with Gasteiger partial charge in [0, 0.05) is 6.07 Å². The summed E-state index contributed by atoms with van der Waals surface area (Å²) in [6.45, 7) is 4.01. The summed E-state index contributed by atoms with van der Waals surface area (Å²) in [4.78, 5) is 25.1. The van der Waals surface area contributed by atoms with Crippen LogP contribution in [0.4, 0.5) is 0 Å². The van der Waals surface area contributed by atoms with Gasteiger partial charge in [-0.15, -0.1) is 0 Å². The molecule has 0 radical (unpaired) electrons. The molecule has 6 heteroatoms. The number of aromatic hydroxyl groups is 1. The molecule has 0 bridgehead atoms. The summed E-state index contributed by atoms with van der Waals surface area (Å²) >= 11 is 0. The minimum atomic E-state index is -0.744. The number of fused-ring (bicyclic) bond motifs is 4. The second-order valence-electron chi connectivity index (χ2n) is 7.22. The molecular formula is C24H18O6. The second kappa shape index (κ2) is 6.62. The SMILES string of the molecule is CCc1ccc2oc(=O)c(-c3cc4c(=O)oc5ccc(CC)cc5c4o3)c(O)c2c1. The van der Waals surface area contributed by atoms with Crippen molar-refractivity contribution in [3.63, 3.8) is 0 Å². The third-order valence-electron chi connectivity index (χ3n) is 5.45. The molecule has 6 nitrogen and oxygen atoms in total. The van der Waals surface area contributed by atoms with Crippen LogP contribution in [0.3, 0.4) is 0 Å². The fourth-order valence-corrected chi connectivity index (χ4v) is 3.75. The van der Waals surface area contributed by atoms with Gasteiger partial charge >= 0.3 is 11.3 Å². The molecule has 3 heterocycles. The van der Waals surface area contributed by atoms with Crippen LogP contribution >= 0.6 is 0 Å². The second-order valence-corrected chi connectivity index (χ2v) is 7.22. The van der Waals surface area contributed by atoms with Gasteiger partial charge in [0.1, 0.15) is 33.6 Å². The number of hydrogen-bond donors (Lipinski definition) is 1. The van der Waals surface area contributed by atoms with E-state index in [0.717, 1.165) is 24.0 Å². The van der Waals surface area contributed by atoms with Gasteiger partial charge in [0.15, 0.2) is 5.58 Å². The highest BCUT2D eigenvalue weighted by Crippen LogP contribution is 2.37. The number of rotatable bonds is 3. The molecule has 0 aliphatic rings. The quantitative estimate of drug-likeness (QED) is 0.420. The molecule has 0 amide bonds. The lowest BCUT2D eigenvalue weighted by atomic mass is 10.1.